The molecule has 1 aromatic rings. The molecule has 2 heterocycles. The largest absolute Gasteiger partial charge is 0.497 e. The predicted molar refractivity (Wildman–Crippen MR) is 78.2 cm³/mol. The van der Waals surface area contributed by atoms with Crippen molar-refractivity contribution < 1.29 is 23.7 Å². The number of cyclic esters (lactones) is 1. The summed E-state index contributed by atoms with van der Waals surface area (Å²) < 4.78 is 21.0. The number of rotatable bonds is 3. The Labute approximate surface area is 132 Å². The maximum absolute atomic E-state index is 12.1. The van der Waals surface area contributed by atoms with Crippen LogP contribution in [0.3, 0.4) is 0 Å². The first kappa shape index (κ1) is 14.8. The number of nitrogens with zero attached hydrogens (tertiary/aromatic N) is 1. The smallest absolute Gasteiger partial charge is 0.339 e. The van der Waals surface area contributed by atoms with Gasteiger partial charge in [-0.2, -0.15) is 5.26 Å². The van der Waals surface area contributed by atoms with Gasteiger partial charge >= 0.3 is 5.97 Å². The number of esters is 1. The van der Waals surface area contributed by atoms with E-state index in [0.29, 0.717) is 22.8 Å². The molecule has 1 atom stereocenters. The molecule has 1 aromatic carbocycles. The first-order chi connectivity index (χ1) is 11.1. The topological polar surface area (TPSA) is 104 Å². The maximum atomic E-state index is 12.1. The molecule has 0 saturated carbocycles. The average Bonchev–Trinajstić information content (AvgIpc) is 2.93. The van der Waals surface area contributed by atoms with E-state index in [-0.39, 0.29) is 23.6 Å². The molecule has 0 fully saturated rings. The highest BCUT2D eigenvalue weighted by atomic mass is 16.6. The number of benzene rings is 1. The lowest BCUT2D eigenvalue weighted by Crippen LogP contribution is -2.22. The minimum Gasteiger partial charge on any atom is -0.497 e. The van der Waals surface area contributed by atoms with E-state index in [1.54, 1.807) is 18.2 Å². The van der Waals surface area contributed by atoms with Gasteiger partial charge in [-0.3, -0.25) is 0 Å². The van der Waals surface area contributed by atoms with Crippen molar-refractivity contribution in [1.82, 2.24) is 0 Å². The monoisotopic (exact) mass is 314 g/mol. The Morgan fingerprint density at radius 1 is 1.35 bits per heavy atom. The maximum Gasteiger partial charge on any atom is 0.339 e. The van der Waals surface area contributed by atoms with E-state index in [9.17, 15) is 10.1 Å². The van der Waals surface area contributed by atoms with Gasteiger partial charge in [0, 0.05) is 5.56 Å². The van der Waals surface area contributed by atoms with Gasteiger partial charge in [0.05, 0.1) is 25.7 Å². The molecule has 23 heavy (non-hydrogen) atoms. The van der Waals surface area contributed by atoms with Gasteiger partial charge in [-0.05, 0) is 18.2 Å². The first-order valence-corrected chi connectivity index (χ1v) is 6.80. The van der Waals surface area contributed by atoms with Crippen molar-refractivity contribution in [3.8, 4) is 17.6 Å². The number of nitrogens with two attached hydrogens (primary N) is 1. The van der Waals surface area contributed by atoms with Crippen molar-refractivity contribution in [3.05, 3.63) is 46.6 Å². The van der Waals surface area contributed by atoms with E-state index in [1.807, 2.05) is 6.07 Å². The molecular weight excluding hydrogens is 300 g/mol. The van der Waals surface area contributed by atoms with Crippen molar-refractivity contribution in [2.24, 2.45) is 5.73 Å². The van der Waals surface area contributed by atoms with Crippen LogP contribution in [0.4, 0.5) is 0 Å². The standard InChI is InChI=1S/C16H14N2O5/c1-20-8-3-4-11(21-2)9(5-8)13-10(6-17)15(18)23-12-7-22-16(19)14(12)13/h3-5,13H,7,18H2,1-2H3/t13-/m1/s1. The summed E-state index contributed by atoms with van der Waals surface area (Å²) in [5, 5.41) is 9.47. The molecule has 7 heteroatoms. The lowest BCUT2D eigenvalue weighted by molar-refractivity contribution is -0.136. The fraction of sp³-hybridized carbons (Fsp3) is 0.250. The number of allylic oxidation sites excluding steroid dienone is 1. The van der Waals surface area contributed by atoms with Gasteiger partial charge in [0.2, 0.25) is 5.88 Å². The zero-order chi connectivity index (χ0) is 16.6. The quantitative estimate of drug-likeness (QED) is 0.839. The summed E-state index contributed by atoms with van der Waals surface area (Å²) in [6.07, 6.45) is 0. The van der Waals surface area contributed by atoms with Crippen molar-refractivity contribution in [3.63, 3.8) is 0 Å². The second kappa shape index (κ2) is 5.57. The van der Waals surface area contributed by atoms with Gasteiger partial charge < -0.3 is 24.7 Å². The molecule has 0 unspecified atom stereocenters. The summed E-state index contributed by atoms with van der Waals surface area (Å²) in [6, 6.07) is 7.15. The number of hydrogen-bond acceptors (Lipinski definition) is 7. The predicted octanol–water partition coefficient (Wildman–Crippen LogP) is 1.32. The SMILES string of the molecule is COc1ccc(OC)c([C@@H]2C(C#N)=C(N)OC3=C2C(=O)OC3)c1. The van der Waals surface area contributed by atoms with Crippen LogP contribution in [-0.2, 0) is 14.3 Å². The Morgan fingerprint density at radius 2 is 2.13 bits per heavy atom. The molecule has 7 nitrogen and oxygen atoms in total. The minimum atomic E-state index is -0.719. The number of ether oxygens (including phenoxy) is 4. The van der Waals surface area contributed by atoms with Crippen LogP contribution < -0.4 is 15.2 Å². The van der Waals surface area contributed by atoms with Crippen LogP contribution in [0.5, 0.6) is 11.5 Å². The van der Waals surface area contributed by atoms with E-state index in [0.717, 1.165) is 0 Å². The Morgan fingerprint density at radius 3 is 2.78 bits per heavy atom. The van der Waals surface area contributed by atoms with Crippen LogP contribution in [0.1, 0.15) is 11.5 Å². The second-order valence-corrected chi connectivity index (χ2v) is 4.95. The van der Waals surface area contributed by atoms with Crippen LogP contribution in [0.25, 0.3) is 0 Å². The molecule has 0 spiro atoms. The van der Waals surface area contributed by atoms with Crippen molar-refractivity contribution in [2.75, 3.05) is 20.8 Å². The fourth-order valence-corrected chi connectivity index (χ4v) is 2.73. The molecular formula is C16H14N2O5. The van der Waals surface area contributed by atoms with E-state index in [4.69, 9.17) is 24.7 Å². The third-order valence-corrected chi connectivity index (χ3v) is 3.80. The molecule has 118 valence electrons. The molecule has 0 aromatic heterocycles. The van der Waals surface area contributed by atoms with E-state index in [1.165, 1.54) is 14.2 Å². The number of carbonyl (C=O) groups excluding carboxylic acids is 1. The Kier molecular flexibility index (Phi) is 3.58. The molecule has 0 radical (unpaired) electrons. The normalized spacial score (nSPS) is 19.7. The Hall–Kier alpha value is -3.14. The van der Waals surface area contributed by atoms with Crippen molar-refractivity contribution >= 4 is 5.97 Å². The molecule has 2 aliphatic heterocycles. The van der Waals surface area contributed by atoms with E-state index >= 15 is 0 Å². The summed E-state index contributed by atoms with van der Waals surface area (Å²) >= 11 is 0. The van der Waals surface area contributed by atoms with Crippen LogP contribution in [0, 0.1) is 11.3 Å². The summed E-state index contributed by atoms with van der Waals surface area (Å²) in [5.74, 6) is 0.0983. The zero-order valence-corrected chi connectivity index (χ0v) is 12.6. The van der Waals surface area contributed by atoms with Gasteiger partial charge in [-0.25, -0.2) is 4.79 Å². The van der Waals surface area contributed by atoms with Gasteiger partial charge in [-0.1, -0.05) is 0 Å². The van der Waals surface area contributed by atoms with Crippen LogP contribution in [0.2, 0.25) is 0 Å². The minimum absolute atomic E-state index is 0.00361. The molecule has 0 aliphatic carbocycles. The van der Waals surface area contributed by atoms with Crippen LogP contribution in [-0.4, -0.2) is 26.8 Å². The first-order valence-electron chi connectivity index (χ1n) is 6.80. The summed E-state index contributed by atoms with van der Waals surface area (Å²) in [5.41, 5.74) is 6.83. The summed E-state index contributed by atoms with van der Waals surface area (Å²) in [6.45, 7) is -0.00361. The van der Waals surface area contributed by atoms with Gasteiger partial charge in [0.15, 0.2) is 5.76 Å². The number of methoxy groups -OCH3 is 2. The van der Waals surface area contributed by atoms with Gasteiger partial charge in [0.1, 0.15) is 29.7 Å². The second-order valence-electron chi connectivity index (χ2n) is 4.95. The summed E-state index contributed by atoms with van der Waals surface area (Å²) in [7, 11) is 3.03. The summed E-state index contributed by atoms with van der Waals surface area (Å²) in [4.78, 5) is 12.1. The van der Waals surface area contributed by atoms with E-state index in [2.05, 4.69) is 0 Å². The van der Waals surface area contributed by atoms with Crippen molar-refractivity contribution in [2.45, 2.75) is 5.92 Å². The molecule has 0 saturated heterocycles. The van der Waals surface area contributed by atoms with Crippen LogP contribution >= 0.6 is 0 Å². The number of hydrogen-bond donors (Lipinski definition) is 1. The molecule has 0 bridgehead atoms. The highest BCUT2D eigenvalue weighted by Crippen LogP contribution is 2.45. The average molecular weight is 314 g/mol. The molecule has 2 aliphatic rings. The highest BCUT2D eigenvalue weighted by molar-refractivity contribution is 5.95. The Balaban J connectivity index is 2.24. The highest BCUT2D eigenvalue weighted by Gasteiger charge is 2.42. The van der Waals surface area contributed by atoms with E-state index < -0.39 is 11.9 Å². The number of nitriles is 1. The zero-order valence-electron chi connectivity index (χ0n) is 12.6. The molecule has 3 rings (SSSR count). The molecule has 0 amide bonds. The number of carbonyl (C=O) groups is 1. The third-order valence-electron chi connectivity index (χ3n) is 3.80. The third kappa shape index (κ3) is 2.25. The van der Waals surface area contributed by atoms with Crippen molar-refractivity contribution in [1.29, 1.82) is 5.26 Å². The van der Waals surface area contributed by atoms with Gasteiger partial charge in [-0.15, -0.1) is 0 Å². The van der Waals surface area contributed by atoms with Crippen LogP contribution in [0.15, 0.2) is 41.0 Å². The van der Waals surface area contributed by atoms with Gasteiger partial charge in [0.25, 0.3) is 0 Å². The molecule has 2 N–H and O–H groups in total. The Bertz CT molecular complexity index is 788. The lowest BCUT2D eigenvalue weighted by atomic mass is 9.83. The lowest BCUT2D eigenvalue weighted by Gasteiger charge is -2.25. The fourth-order valence-electron chi connectivity index (χ4n) is 2.73.